The number of hydrogen-bond acceptors (Lipinski definition) is 5. The van der Waals surface area contributed by atoms with Crippen LogP contribution in [0, 0.1) is 0 Å². The second kappa shape index (κ2) is 10.5. The van der Waals surface area contributed by atoms with E-state index in [0.29, 0.717) is 11.5 Å². The molecule has 6 heteroatoms. The lowest BCUT2D eigenvalue weighted by Gasteiger charge is -2.21. The molecule has 0 aliphatic carbocycles. The van der Waals surface area contributed by atoms with E-state index in [1.807, 2.05) is 17.0 Å². The maximum absolute atomic E-state index is 12.6. The van der Waals surface area contributed by atoms with Gasteiger partial charge in [-0.3, -0.25) is 4.79 Å². The van der Waals surface area contributed by atoms with Crippen molar-refractivity contribution in [2.24, 2.45) is 0 Å². The molecule has 0 spiro atoms. The van der Waals surface area contributed by atoms with Crippen molar-refractivity contribution in [3.63, 3.8) is 0 Å². The average Bonchev–Trinajstić information content (AvgIpc) is 2.70. The highest BCUT2D eigenvalue weighted by Gasteiger charge is 2.15. The number of aromatic nitrogens is 2. The molecule has 0 aliphatic rings. The summed E-state index contributed by atoms with van der Waals surface area (Å²) in [5.74, 6) is 0.480. The fourth-order valence-electron chi connectivity index (χ4n) is 3.01. The summed E-state index contributed by atoms with van der Waals surface area (Å²) in [6.07, 6.45) is 5.08. The number of nitrogens with one attached hydrogen (secondary N) is 1. The van der Waals surface area contributed by atoms with Crippen molar-refractivity contribution in [2.45, 2.75) is 40.5 Å². The first-order valence-electron chi connectivity index (χ1n) is 9.86. The molecule has 0 saturated heterocycles. The summed E-state index contributed by atoms with van der Waals surface area (Å²) in [6.45, 7) is 11.9. The summed E-state index contributed by atoms with van der Waals surface area (Å²) in [4.78, 5) is 25.3. The maximum atomic E-state index is 12.6. The number of hydrogen-bond donors (Lipinski definition) is 1. The summed E-state index contributed by atoms with van der Waals surface area (Å²) in [6, 6.07) is 8.20. The van der Waals surface area contributed by atoms with Crippen molar-refractivity contribution >= 4 is 23.2 Å². The third-order valence-electron chi connectivity index (χ3n) is 4.43. The lowest BCUT2D eigenvalue weighted by atomic mass is 10.2. The van der Waals surface area contributed by atoms with Crippen molar-refractivity contribution < 1.29 is 4.79 Å². The Balaban J connectivity index is 2.03. The van der Waals surface area contributed by atoms with Crippen molar-refractivity contribution in [1.82, 2.24) is 14.9 Å². The summed E-state index contributed by atoms with van der Waals surface area (Å²) in [5.41, 5.74) is 2.64. The van der Waals surface area contributed by atoms with Gasteiger partial charge in [0.2, 0.25) is 5.95 Å². The molecule has 2 rings (SSSR count). The van der Waals surface area contributed by atoms with Gasteiger partial charge in [0.15, 0.2) is 0 Å². The number of anilines is 3. The maximum Gasteiger partial charge on any atom is 0.256 e. The fourth-order valence-corrected chi connectivity index (χ4v) is 3.01. The molecule has 27 heavy (non-hydrogen) atoms. The van der Waals surface area contributed by atoms with Gasteiger partial charge in [-0.25, -0.2) is 9.97 Å². The minimum absolute atomic E-state index is 0.00572. The second-order valence-electron chi connectivity index (χ2n) is 6.43. The van der Waals surface area contributed by atoms with Crippen LogP contribution in [0.15, 0.2) is 36.7 Å². The van der Waals surface area contributed by atoms with E-state index in [1.54, 1.807) is 12.4 Å². The van der Waals surface area contributed by atoms with E-state index < -0.39 is 0 Å². The standard InChI is InChI=1S/C21H31N5O/c1-5-13-26(14-6-2)20(27)17-15-22-21(23-16-17)24-18-9-11-19(12-10-18)25(7-3)8-4/h9-12,15-16H,5-8,13-14H2,1-4H3,(H,22,23,24). The zero-order valence-corrected chi connectivity index (χ0v) is 16.9. The minimum Gasteiger partial charge on any atom is -0.372 e. The second-order valence-corrected chi connectivity index (χ2v) is 6.43. The number of amides is 1. The van der Waals surface area contributed by atoms with Gasteiger partial charge in [-0.05, 0) is 51.0 Å². The molecule has 0 saturated carbocycles. The molecule has 0 unspecified atom stereocenters. The van der Waals surface area contributed by atoms with Crippen LogP contribution in [-0.4, -0.2) is 47.0 Å². The number of carbonyl (C=O) groups is 1. The first-order chi connectivity index (χ1) is 13.1. The summed E-state index contributed by atoms with van der Waals surface area (Å²) in [5, 5.41) is 3.19. The molecule has 0 fully saturated rings. The largest absolute Gasteiger partial charge is 0.372 e. The van der Waals surface area contributed by atoms with Gasteiger partial charge < -0.3 is 15.1 Å². The first kappa shape index (κ1) is 20.7. The van der Waals surface area contributed by atoms with Gasteiger partial charge in [0, 0.05) is 49.9 Å². The van der Waals surface area contributed by atoms with Crippen LogP contribution >= 0.6 is 0 Å². The number of nitrogens with zero attached hydrogens (tertiary/aromatic N) is 4. The van der Waals surface area contributed by atoms with Gasteiger partial charge in [-0.15, -0.1) is 0 Å². The topological polar surface area (TPSA) is 61.4 Å². The zero-order valence-electron chi connectivity index (χ0n) is 16.9. The van der Waals surface area contributed by atoms with Crippen LogP contribution in [0.25, 0.3) is 0 Å². The van der Waals surface area contributed by atoms with Crippen molar-refractivity contribution in [3.8, 4) is 0 Å². The Morgan fingerprint density at radius 3 is 1.96 bits per heavy atom. The van der Waals surface area contributed by atoms with E-state index in [1.165, 1.54) is 5.69 Å². The molecular weight excluding hydrogens is 338 g/mol. The monoisotopic (exact) mass is 369 g/mol. The van der Waals surface area contributed by atoms with Gasteiger partial charge in [0.25, 0.3) is 5.91 Å². The third-order valence-corrected chi connectivity index (χ3v) is 4.43. The van der Waals surface area contributed by atoms with Crippen LogP contribution < -0.4 is 10.2 Å². The fraction of sp³-hybridized carbons (Fsp3) is 0.476. The van der Waals surface area contributed by atoms with E-state index in [2.05, 4.69) is 60.0 Å². The molecule has 0 aliphatic heterocycles. The SMILES string of the molecule is CCCN(CCC)C(=O)c1cnc(Nc2ccc(N(CC)CC)cc2)nc1. The quantitative estimate of drug-likeness (QED) is 0.675. The molecule has 6 nitrogen and oxygen atoms in total. The molecular formula is C21H31N5O. The van der Waals surface area contributed by atoms with Crippen LogP contribution in [0.3, 0.4) is 0 Å². The predicted octanol–water partition coefficient (Wildman–Crippen LogP) is 4.33. The summed E-state index contributed by atoms with van der Waals surface area (Å²) < 4.78 is 0. The summed E-state index contributed by atoms with van der Waals surface area (Å²) in [7, 11) is 0. The van der Waals surface area contributed by atoms with E-state index >= 15 is 0 Å². The lowest BCUT2D eigenvalue weighted by Crippen LogP contribution is -2.32. The van der Waals surface area contributed by atoms with E-state index in [-0.39, 0.29) is 5.91 Å². The Hall–Kier alpha value is -2.63. The van der Waals surface area contributed by atoms with E-state index in [4.69, 9.17) is 0 Å². The Bertz CT molecular complexity index is 690. The van der Waals surface area contributed by atoms with Crippen molar-refractivity contribution in [1.29, 1.82) is 0 Å². The highest BCUT2D eigenvalue weighted by Crippen LogP contribution is 2.19. The Morgan fingerprint density at radius 1 is 0.926 bits per heavy atom. The highest BCUT2D eigenvalue weighted by atomic mass is 16.2. The van der Waals surface area contributed by atoms with Crippen LogP contribution in [0.5, 0.6) is 0 Å². The van der Waals surface area contributed by atoms with Crippen LogP contribution in [0.2, 0.25) is 0 Å². The molecule has 0 bridgehead atoms. The first-order valence-corrected chi connectivity index (χ1v) is 9.86. The molecule has 1 N–H and O–H groups in total. The molecule has 1 aromatic heterocycles. The number of carbonyl (C=O) groups excluding carboxylic acids is 1. The number of benzene rings is 1. The lowest BCUT2D eigenvalue weighted by molar-refractivity contribution is 0.0754. The Morgan fingerprint density at radius 2 is 1.48 bits per heavy atom. The smallest absolute Gasteiger partial charge is 0.256 e. The van der Waals surface area contributed by atoms with Crippen molar-refractivity contribution in [2.75, 3.05) is 36.4 Å². The minimum atomic E-state index is -0.00572. The highest BCUT2D eigenvalue weighted by molar-refractivity contribution is 5.93. The van der Waals surface area contributed by atoms with Gasteiger partial charge in [-0.2, -0.15) is 0 Å². The average molecular weight is 370 g/mol. The molecule has 146 valence electrons. The normalized spacial score (nSPS) is 10.5. The molecule has 0 atom stereocenters. The Labute approximate surface area is 162 Å². The molecule has 1 aromatic carbocycles. The van der Waals surface area contributed by atoms with Gasteiger partial charge in [0.05, 0.1) is 5.56 Å². The molecule has 1 amide bonds. The molecule has 1 heterocycles. The van der Waals surface area contributed by atoms with Crippen molar-refractivity contribution in [3.05, 3.63) is 42.2 Å². The van der Waals surface area contributed by atoms with Crippen LogP contribution in [0.4, 0.5) is 17.3 Å². The zero-order chi connectivity index (χ0) is 19.6. The number of rotatable bonds is 10. The van der Waals surface area contributed by atoms with Gasteiger partial charge >= 0.3 is 0 Å². The third kappa shape index (κ3) is 5.67. The summed E-state index contributed by atoms with van der Waals surface area (Å²) >= 11 is 0. The van der Waals surface area contributed by atoms with Crippen LogP contribution in [-0.2, 0) is 0 Å². The van der Waals surface area contributed by atoms with E-state index in [0.717, 1.165) is 44.7 Å². The molecule has 0 radical (unpaired) electrons. The molecule has 2 aromatic rings. The predicted molar refractivity (Wildman–Crippen MR) is 112 cm³/mol. The Kier molecular flexibility index (Phi) is 8.04. The van der Waals surface area contributed by atoms with Gasteiger partial charge in [0.1, 0.15) is 0 Å². The van der Waals surface area contributed by atoms with Gasteiger partial charge in [-0.1, -0.05) is 13.8 Å². The van der Waals surface area contributed by atoms with Crippen LogP contribution in [0.1, 0.15) is 50.9 Å². The van der Waals surface area contributed by atoms with E-state index in [9.17, 15) is 4.79 Å².